The number of furan rings is 2. The van der Waals surface area contributed by atoms with Gasteiger partial charge in [0.15, 0.2) is 5.58 Å². The molecule has 0 amide bonds. The minimum absolute atomic E-state index is 0.603. The summed E-state index contributed by atoms with van der Waals surface area (Å²) in [6, 6.07) is 52.6. The van der Waals surface area contributed by atoms with Crippen LogP contribution >= 0.6 is 0 Å². The van der Waals surface area contributed by atoms with E-state index in [0.717, 1.165) is 93.4 Å². The van der Waals surface area contributed by atoms with Gasteiger partial charge < -0.3 is 8.83 Å². The molecule has 0 fully saturated rings. The van der Waals surface area contributed by atoms with Gasteiger partial charge >= 0.3 is 0 Å². The molecule has 5 heteroatoms. The van der Waals surface area contributed by atoms with Crippen LogP contribution in [0.2, 0.25) is 0 Å². The molecule has 4 heterocycles. The van der Waals surface area contributed by atoms with Gasteiger partial charge in [-0.05, 0) is 52.7 Å². The summed E-state index contributed by atoms with van der Waals surface area (Å²) in [5.41, 5.74) is 10.1. The van der Waals surface area contributed by atoms with Crippen molar-refractivity contribution in [1.82, 2.24) is 14.5 Å². The first-order valence-corrected chi connectivity index (χ1v) is 16.4. The number of para-hydroxylation sites is 4. The molecule has 49 heavy (non-hydrogen) atoms. The number of fused-ring (bicyclic) bond motifs is 11. The molecule has 0 saturated heterocycles. The van der Waals surface area contributed by atoms with Gasteiger partial charge in [0.25, 0.3) is 0 Å². The minimum atomic E-state index is 0.603. The quantitative estimate of drug-likeness (QED) is 0.196. The molecule has 0 unspecified atom stereocenters. The van der Waals surface area contributed by atoms with E-state index in [0.29, 0.717) is 11.5 Å². The molecule has 4 aromatic heterocycles. The monoisotopic (exact) mass is 627 g/mol. The second kappa shape index (κ2) is 9.89. The fourth-order valence-electron chi connectivity index (χ4n) is 7.62. The van der Waals surface area contributed by atoms with Crippen molar-refractivity contribution in [2.24, 2.45) is 0 Å². The van der Waals surface area contributed by atoms with Gasteiger partial charge in [0.1, 0.15) is 28.0 Å². The Morgan fingerprint density at radius 1 is 0.449 bits per heavy atom. The largest absolute Gasteiger partial charge is 0.455 e. The van der Waals surface area contributed by atoms with Crippen LogP contribution in [-0.2, 0) is 0 Å². The normalized spacial score (nSPS) is 12.1. The highest BCUT2D eigenvalue weighted by Gasteiger charge is 2.22. The lowest BCUT2D eigenvalue weighted by atomic mass is 9.97. The lowest BCUT2D eigenvalue weighted by Crippen LogP contribution is -2.02. The maximum atomic E-state index is 6.45. The number of nitrogens with zero attached hydrogens (tertiary/aromatic N) is 3. The molecule has 0 aliphatic heterocycles. The first-order chi connectivity index (χ1) is 24.3. The highest BCUT2D eigenvalue weighted by atomic mass is 16.3. The van der Waals surface area contributed by atoms with E-state index in [1.807, 2.05) is 48.5 Å². The fraction of sp³-hybridized carbons (Fsp3) is 0. The average Bonchev–Trinajstić information content (AvgIpc) is 3.84. The molecule has 0 bridgehead atoms. The Bertz CT molecular complexity index is 3110. The van der Waals surface area contributed by atoms with E-state index < -0.39 is 0 Å². The summed E-state index contributed by atoms with van der Waals surface area (Å²) in [6.07, 6.45) is 0. The van der Waals surface area contributed by atoms with E-state index in [-0.39, 0.29) is 0 Å². The second-order valence-corrected chi connectivity index (χ2v) is 12.5. The molecule has 11 rings (SSSR count). The summed E-state index contributed by atoms with van der Waals surface area (Å²) in [5.74, 6) is 0.603. The van der Waals surface area contributed by atoms with Gasteiger partial charge in [-0.25, -0.2) is 9.97 Å². The summed E-state index contributed by atoms with van der Waals surface area (Å²) < 4.78 is 15.1. The van der Waals surface area contributed by atoms with Gasteiger partial charge in [-0.15, -0.1) is 0 Å². The van der Waals surface area contributed by atoms with E-state index >= 15 is 0 Å². The smallest absolute Gasteiger partial charge is 0.236 e. The SMILES string of the molecule is c1ccc(-c2nc(-n3c4ccccc4c4c5cc(-c6cccc7c6oc6ccccc67)ccc5ccc43)nc3c2oc2ccccc23)cc1. The maximum absolute atomic E-state index is 6.45. The maximum Gasteiger partial charge on any atom is 0.236 e. The van der Waals surface area contributed by atoms with Gasteiger partial charge in [0.05, 0.1) is 11.0 Å². The second-order valence-electron chi connectivity index (χ2n) is 12.5. The minimum Gasteiger partial charge on any atom is -0.455 e. The molecule has 11 aromatic rings. The lowest BCUT2D eigenvalue weighted by Gasteiger charge is -2.10. The third-order valence-corrected chi connectivity index (χ3v) is 9.83. The number of aromatic nitrogens is 3. The Morgan fingerprint density at radius 2 is 1.14 bits per heavy atom. The van der Waals surface area contributed by atoms with Crippen LogP contribution in [0.5, 0.6) is 0 Å². The van der Waals surface area contributed by atoms with Gasteiger partial charge in [0.2, 0.25) is 5.95 Å². The molecular formula is C44H25N3O2. The fourth-order valence-corrected chi connectivity index (χ4v) is 7.62. The van der Waals surface area contributed by atoms with Crippen molar-refractivity contribution < 1.29 is 8.83 Å². The van der Waals surface area contributed by atoms with E-state index in [1.54, 1.807) is 0 Å². The highest BCUT2D eigenvalue weighted by molar-refractivity contribution is 6.22. The van der Waals surface area contributed by atoms with Crippen LogP contribution < -0.4 is 0 Å². The van der Waals surface area contributed by atoms with Gasteiger partial charge in [-0.3, -0.25) is 4.57 Å². The molecule has 0 atom stereocenters. The van der Waals surface area contributed by atoms with Crippen LogP contribution in [0.4, 0.5) is 0 Å². The molecule has 0 aliphatic rings. The molecule has 0 saturated carbocycles. The molecule has 0 N–H and O–H groups in total. The zero-order valence-electron chi connectivity index (χ0n) is 26.1. The van der Waals surface area contributed by atoms with Gasteiger partial charge in [-0.2, -0.15) is 0 Å². The molecular weight excluding hydrogens is 603 g/mol. The van der Waals surface area contributed by atoms with Crippen LogP contribution in [0.1, 0.15) is 0 Å². The summed E-state index contributed by atoms with van der Waals surface area (Å²) in [7, 11) is 0. The summed E-state index contributed by atoms with van der Waals surface area (Å²) in [4.78, 5) is 10.5. The summed E-state index contributed by atoms with van der Waals surface area (Å²) in [5, 5.41) is 7.85. The van der Waals surface area contributed by atoms with Crippen molar-refractivity contribution in [2.45, 2.75) is 0 Å². The number of rotatable bonds is 3. The van der Waals surface area contributed by atoms with Crippen molar-refractivity contribution in [1.29, 1.82) is 0 Å². The zero-order valence-corrected chi connectivity index (χ0v) is 26.1. The average molecular weight is 628 g/mol. The zero-order chi connectivity index (χ0) is 32.1. The van der Waals surface area contributed by atoms with Crippen LogP contribution in [0, 0.1) is 0 Å². The van der Waals surface area contributed by atoms with Crippen LogP contribution in [0.3, 0.4) is 0 Å². The third kappa shape index (κ3) is 3.75. The van der Waals surface area contributed by atoms with Crippen LogP contribution in [-0.4, -0.2) is 14.5 Å². The molecule has 228 valence electrons. The Morgan fingerprint density at radius 3 is 2.02 bits per heavy atom. The lowest BCUT2D eigenvalue weighted by molar-refractivity contribution is 0.666. The first-order valence-electron chi connectivity index (χ1n) is 16.4. The van der Waals surface area contributed by atoms with E-state index in [4.69, 9.17) is 18.8 Å². The predicted octanol–water partition coefficient (Wildman–Crippen LogP) is 11.9. The van der Waals surface area contributed by atoms with Crippen LogP contribution in [0.25, 0.3) is 105 Å². The Labute approximate surface area is 279 Å². The molecule has 0 aliphatic carbocycles. The standard InChI is InChI=1S/C44H25N3O2/c1-2-11-27(12-3-1)40-43-41(33-15-6-9-20-38(33)49-43)46-44(45-40)47-35-18-7-4-14-32(35)39-34-25-28(22-21-26(34)23-24-36(39)47)29-16-10-17-31-30-13-5-8-19-37(30)48-42(29)31/h1-25H. The van der Waals surface area contributed by atoms with Crippen molar-refractivity contribution in [3.63, 3.8) is 0 Å². The number of hydrogen-bond donors (Lipinski definition) is 0. The third-order valence-electron chi connectivity index (χ3n) is 9.83. The van der Waals surface area contributed by atoms with Crippen LogP contribution in [0.15, 0.2) is 160 Å². The van der Waals surface area contributed by atoms with E-state index in [9.17, 15) is 0 Å². The summed E-state index contributed by atoms with van der Waals surface area (Å²) >= 11 is 0. The Kier molecular flexibility index (Phi) is 5.32. The van der Waals surface area contributed by atoms with Gasteiger partial charge in [-0.1, -0.05) is 115 Å². The van der Waals surface area contributed by atoms with Crippen molar-refractivity contribution in [2.75, 3.05) is 0 Å². The van der Waals surface area contributed by atoms with E-state index in [2.05, 4.69) is 108 Å². The molecule has 0 radical (unpaired) electrons. The van der Waals surface area contributed by atoms with Gasteiger partial charge in [0, 0.05) is 38.1 Å². The molecule has 5 nitrogen and oxygen atoms in total. The predicted molar refractivity (Wildman–Crippen MR) is 199 cm³/mol. The Hall–Kier alpha value is -6.72. The van der Waals surface area contributed by atoms with Crippen molar-refractivity contribution in [3.05, 3.63) is 152 Å². The topological polar surface area (TPSA) is 57.0 Å². The van der Waals surface area contributed by atoms with Crippen molar-refractivity contribution in [3.8, 4) is 28.3 Å². The highest BCUT2D eigenvalue weighted by Crippen LogP contribution is 2.41. The van der Waals surface area contributed by atoms with Crippen molar-refractivity contribution >= 4 is 76.6 Å². The first kappa shape index (κ1) is 26.4. The number of benzene rings is 7. The Balaban J connectivity index is 1.21. The van der Waals surface area contributed by atoms with E-state index in [1.165, 1.54) is 0 Å². The molecule has 0 spiro atoms. The summed E-state index contributed by atoms with van der Waals surface area (Å²) in [6.45, 7) is 0. The molecule has 7 aromatic carbocycles. The number of hydrogen-bond acceptors (Lipinski definition) is 4.